The van der Waals surface area contributed by atoms with Crippen LogP contribution in [0.15, 0.2) is 27.4 Å². The van der Waals surface area contributed by atoms with Crippen LogP contribution in [0.5, 0.6) is 0 Å². The maximum Gasteiger partial charge on any atom is 0.336 e. The van der Waals surface area contributed by atoms with Crippen LogP contribution in [0, 0.1) is 13.8 Å². The average molecular weight is 338 g/mol. The van der Waals surface area contributed by atoms with E-state index < -0.39 is 0 Å². The first-order valence-corrected chi connectivity index (χ1v) is 8.76. The Labute approximate surface area is 146 Å². The zero-order valence-corrected chi connectivity index (χ0v) is 14.9. The van der Waals surface area contributed by atoms with Gasteiger partial charge in [0.2, 0.25) is 0 Å². The summed E-state index contributed by atoms with van der Waals surface area (Å²) < 4.78 is 5.56. The van der Waals surface area contributed by atoms with Crippen LogP contribution >= 0.6 is 0 Å². The van der Waals surface area contributed by atoms with Crippen molar-refractivity contribution < 1.29 is 4.42 Å². The van der Waals surface area contributed by atoms with E-state index in [0.29, 0.717) is 5.58 Å². The summed E-state index contributed by atoms with van der Waals surface area (Å²) in [5.74, 6) is 0.889. The molecule has 3 aromatic rings. The third-order valence-corrected chi connectivity index (χ3v) is 5.18. The molecule has 0 atom stereocenters. The first-order chi connectivity index (χ1) is 12.1. The minimum absolute atomic E-state index is 0.327. The van der Waals surface area contributed by atoms with E-state index in [4.69, 9.17) is 4.42 Å². The molecule has 130 valence electrons. The summed E-state index contributed by atoms with van der Waals surface area (Å²) in [7, 11) is 0. The monoisotopic (exact) mass is 338 g/mol. The second-order valence-corrected chi connectivity index (χ2v) is 6.65. The van der Waals surface area contributed by atoms with Gasteiger partial charge in [0.1, 0.15) is 5.58 Å². The van der Waals surface area contributed by atoms with E-state index in [-0.39, 0.29) is 5.63 Å². The maximum atomic E-state index is 11.9. The summed E-state index contributed by atoms with van der Waals surface area (Å²) >= 11 is 0. The number of rotatable bonds is 2. The van der Waals surface area contributed by atoms with Crippen molar-refractivity contribution in [1.29, 1.82) is 0 Å². The van der Waals surface area contributed by atoms with E-state index in [1.54, 1.807) is 0 Å². The average Bonchev–Trinajstić information content (AvgIpc) is 2.61. The lowest BCUT2D eigenvalue weighted by atomic mass is 10.0. The van der Waals surface area contributed by atoms with Gasteiger partial charge in [0.05, 0.1) is 10.9 Å². The molecule has 2 aromatic heterocycles. The highest BCUT2D eigenvalue weighted by atomic mass is 16.4. The lowest BCUT2D eigenvalue weighted by Gasteiger charge is -2.35. The van der Waals surface area contributed by atoms with E-state index in [0.717, 1.165) is 66.0 Å². The molecule has 0 aliphatic carbocycles. The van der Waals surface area contributed by atoms with Crippen LogP contribution in [0.4, 0.5) is 5.82 Å². The summed E-state index contributed by atoms with van der Waals surface area (Å²) in [6.07, 6.45) is 0. The molecule has 0 saturated carbocycles. The molecule has 0 amide bonds. The van der Waals surface area contributed by atoms with Gasteiger partial charge in [-0.25, -0.2) is 4.79 Å². The molecule has 25 heavy (non-hydrogen) atoms. The van der Waals surface area contributed by atoms with Crippen LogP contribution in [0.3, 0.4) is 0 Å². The second-order valence-electron chi connectivity index (χ2n) is 6.65. The molecule has 6 heteroatoms. The van der Waals surface area contributed by atoms with Crippen molar-refractivity contribution in [1.82, 2.24) is 15.1 Å². The molecule has 4 rings (SSSR count). The zero-order chi connectivity index (χ0) is 17.6. The Morgan fingerprint density at radius 2 is 1.88 bits per heavy atom. The molecule has 0 bridgehead atoms. The minimum atomic E-state index is -0.327. The largest absolute Gasteiger partial charge is 0.422 e. The SMILES string of the molecule is CCN1CCN(c2nnc3ccc4c(C)cc(=O)oc4c3c2C)CC1. The van der Waals surface area contributed by atoms with E-state index >= 15 is 0 Å². The quantitative estimate of drug-likeness (QED) is 0.528. The van der Waals surface area contributed by atoms with E-state index in [1.165, 1.54) is 6.07 Å². The first-order valence-electron chi connectivity index (χ1n) is 8.76. The van der Waals surface area contributed by atoms with Crippen LogP contribution in [0.25, 0.3) is 21.9 Å². The fourth-order valence-electron chi connectivity index (χ4n) is 3.68. The zero-order valence-electron chi connectivity index (χ0n) is 14.9. The predicted octanol–water partition coefficient (Wildman–Crippen LogP) is 2.49. The number of fused-ring (bicyclic) bond motifs is 3. The van der Waals surface area contributed by atoms with Crippen molar-refractivity contribution in [2.24, 2.45) is 0 Å². The van der Waals surface area contributed by atoms with E-state index in [1.807, 2.05) is 26.0 Å². The Morgan fingerprint density at radius 1 is 1.12 bits per heavy atom. The summed E-state index contributed by atoms with van der Waals surface area (Å²) in [5.41, 5.74) is 2.99. The van der Waals surface area contributed by atoms with Gasteiger partial charge in [0.25, 0.3) is 0 Å². The van der Waals surface area contributed by atoms with E-state index in [9.17, 15) is 4.79 Å². The molecule has 0 spiro atoms. The molecule has 1 aliphatic rings. The van der Waals surface area contributed by atoms with Crippen LogP contribution in [0.1, 0.15) is 18.1 Å². The van der Waals surface area contributed by atoms with Gasteiger partial charge in [-0.3, -0.25) is 0 Å². The van der Waals surface area contributed by atoms with Gasteiger partial charge in [-0.05, 0) is 38.1 Å². The number of aryl methyl sites for hydroxylation is 2. The summed E-state index contributed by atoms with van der Waals surface area (Å²) in [5, 5.41) is 10.7. The number of hydrogen-bond donors (Lipinski definition) is 0. The molecule has 3 heterocycles. The fourth-order valence-corrected chi connectivity index (χ4v) is 3.68. The Hall–Kier alpha value is -2.47. The predicted molar refractivity (Wildman–Crippen MR) is 99.4 cm³/mol. The molecule has 0 unspecified atom stereocenters. The van der Waals surface area contributed by atoms with E-state index in [2.05, 4.69) is 26.9 Å². The molecule has 1 saturated heterocycles. The van der Waals surface area contributed by atoms with Crippen LogP contribution in [-0.4, -0.2) is 47.8 Å². The van der Waals surface area contributed by atoms with Crippen LogP contribution in [-0.2, 0) is 0 Å². The topological polar surface area (TPSA) is 62.5 Å². The number of aromatic nitrogens is 2. The van der Waals surface area contributed by atoms with Gasteiger partial charge in [-0.1, -0.05) is 6.92 Å². The van der Waals surface area contributed by atoms with Crippen molar-refractivity contribution in [3.05, 3.63) is 39.7 Å². The highest BCUT2D eigenvalue weighted by Crippen LogP contribution is 2.31. The smallest absolute Gasteiger partial charge is 0.336 e. The lowest BCUT2D eigenvalue weighted by molar-refractivity contribution is 0.270. The normalized spacial score (nSPS) is 16.0. The molecule has 0 N–H and O–H groups in total. The highest BCUT2D eigenvalue weighted by molar-refractivity contribution is 6.06. The summed E-state index contributed by atoms with van der Waals surface area (Å²) in [6.45, 7) is 11.2. The Morgan fingerprint density at radius 3 is 2.60 bits per heavy atom. The van der Waals surface area contributed by atoms with Gasteiger partial charge >= 0.3 is 5.63 Å². The summed E-state index contributed by atoms with van der Waals surface area (Å²) in [4.78, 5) is 16.6. The van der Waals surface area contributed by atoms with Crippen molar-refractivity contribution >= 4 is 27.7 Å². The summed E-state index contributed by atoms with van der Waals surface area (Å²) in [6, 6.07) is 5.43. The van der Waals surface area contributed by atoms with Gasteiger partial charge in [-0.2, -0.15) is 0 Å². The number of likely N-dealkylation sites (N-methyl/N-ethyl adjacent to an activating group) is 1. The number of piperazine rings is 1. The molecular formula is C19H22N4O2. The van der Waals surface area contributed by atoms with Crippen molar-refractivity contribution in [2.75, 3.05) is 37.6 Å². The van der Waals surface area contributed by atoms with Crippen LogP contribution in [0.2, 0.25) is 0 Å². The molecule has 1 aromatic carbocycles. The van der Waals surface area contributed by atoms with Gasteiger partial charge in [0, 0.05) is 43.2 Å². The van der Waals surface area contributed by atoms with Crippen molar-refractivity contribution in [3.8, 4) is 0 Å². The van der Waals surface area contributed by atoms with Gasteiger partial charge in [-0.15, -0.1) is 10.2 Å². The Kier molecular flexibility index (Phi) is 3.92. The van der Waals surface area contributed by atoms with Crippen molar-refractivity contribution in [3.63, 3.8) is 0 Å². The Bertz CT molecular complexity index is 1000. The number of anilines is 1. The molecule has 6 nitrogen and oxygen atoms in total. The molecule has 1 fully saturated rings. The van der Waals surface area contributed by atoms with Crippen molar-refractivity contribution in [2.45, 2.75) is 20.8 Å². The Balaban J connectivity index is 1.89. The standard InChI is InChI=1S/C19H22N4O2/c1-4-22-7-9-23(10-8-22)19-13(3)17-15(20-21-19)6-5-14-12(2)11-16(24)25-18(14)17/h5-6,11H,4,7-10H2,1-3H3. The maximum absolute atomic E-state index is 11.9. The van der Waals surface area contributed by atoms with Gasteiger partial charge < -0.3 is 14.2 Å². The molecule has 0 radical (unpaired) electrons. The fraction of sp³-hybridized carbons (Fsp3) is 0.421. The minimum Gasteiger partial charge on any atom is -0.422 e. The molecule has 1 aliphatic heterocycles. The highest BCUT2D eigenvalue weighted by Gasteiger charge is 2.21. The third kappa shape index (κ3) is 2.66. The number of benzene rings is 1. The molecular weight excluding hydrogens is 316 g/mol. The lowest BCUT2D eigenvalue weighted by Crippen LogP contribution is -2.46. The van der Waals surface area contributed by atoms with Crippen LogP contribution < -0.4 is 10.5 Å². The first kappa shape index (κ1) is 16.0. The third-order valence-electron chi connectivity index (χ3n) is 5.18. The number of hydrogen-bond acceptors (Lipinski definition) is 6. The number of nitrogens with zero attached hydrogens (tertiary/aromatic N) is 4. The second kappa shape index (κ2) is 6.11. The van der Waals surface area contributed by atoms with Gasteiger partial charge in [0.15, 0.2) is 5.82 Å².